The lowest BCUT2D eigenvalue weighted by Crippen LogP contribution is -2.29. The average molecular weight is 396 g/mol. The second kappa shape index (κ2) is 8.31. The van der Waals surface area contributed by atoms with Crippen molar-refractivity contribution in [1.29, 1.82) is 0 Å². The topological polar surface area (TPSA) is 60.5 Å². The number of rotatable bonds is 3. The van der Waals surface area contributed by atoms with E-state index in [-0.39, 0.29) is 24.9 Å². The number of carbonyl (C=O) groups is 1. The number of alkyl halides is 2. The summed E-state index contributed by atoms with van der Waals surface area (Å²) in [5, 5.41) is 2.86. The van der Waals surface area contributed by atoms with Gasteiger partial charge in [-0.2, -0.15) is 0 Å². The van der Waals surface area contributed by atoms with E-state index in [1.807, 2.05) is 6.07 Å². The number of halogens is 2. The van der Waals surface area contributed by atoms with Crippen molar-refractivity contribution in [3.8, 4) is 0 Å². The van der Waals surface area contributed by atoms with E-state index in [0.717, 1.165) is 24.8 Å². The Bertz CT molecular complexity index is 687. The predicted octanol–water partition coefficient (Wildman–Crippen LogP) is 5.96. The highest BCUT2D eigenvalue weighted by Crippen LogP contribution is 2.44. The maximum Gasteiger partial charge on any atom is 0.412 e. The molecular weight excluding hydrogens is 366 g/mol. The number of amides is 1. The largest absolute Gasteiger partial charge is 0.444 e. The highest BCUT2D eigenvalue weighted by Gasteiger charge is 2.37. The number of carbonyl (C=O) groups excluding carboxylic acids is 1. The summed E-state index contributed by atoms with van der Waals surface area (Å²) in [4.78, 5) is 17.0. The molecule has 5 nitrogen and oxygen atoms in total. The Hall–Kier alpha value is -1.76. The lowest BCUT2D eigenvalue weighted by atomic mass is 9.83. The van der Waals surface area contributed by atoms with Crippen LogP contribution in [0.5, 0.6) is 0 Å². The molecule has 2 fully saturated rings. The average Bonchev–Trinajstić information content (AvgIpc) is 2.61. The van der Waals surface area contributed by atoms with Gasteiger partial charge in [-0.25, -0.2) is 13.6 Å². The molecule has 156 valence electrons. The van der Waals surface area contributed by atoms with E-state index in [0.29, 0.717) is 30.8 Å². The molecule has 1 aromatic heterocycles. The molecule has 1 amide bonds. The first-order valence-corrected chi connectivity index (χ1v) is 10.1. The zero-order chi connectivity index (χ0) is 20.4. The number of aromatic nitrogens is 1. The van der Waals surface area contributed by atoms with Gasteiger partial charge in [0.2, 0.25) is 5.92 Å². The Morgan fingerprint density at radius 2 is 1.96 bits per heavy atom. The molecule has 2 heterocycles. The quantitative estimate of drug-likeness (QED) is 0.684. The normalized spacial score (nSPS) is 23.2. The molecule has 0 spiro atoms. The van der Waals surface area contributed by atoms with Crippen LogP contribution >= 0.6 is 0 Å². The molecule has 1 unspecified atom stereocenters. The van der Waals surface area contributed by atoms with Crippen LogP contribution in [0.3, 0.4) is 0 Å². The van der Waals surface area contributed by atoms with Gasteiger partial charge in [0.05, 0.1) is 17.5 Å². The van der Waals surface area contributed by atoms with Crippen LogP contribution in [0.1, 0.15) is 89.0 Å². The van der Waals surface area contributed by atoms with Gasteiger partial charge in [0, 0.05) is 37.1 Å². The lowest BCUT2D eigenvalue weighted by molar-refractivity contribution is -0.0385. The fourth-order valence-electron chi connectivity index (χ4n) is 3.91. The Balaban J connectivity index is 1.90. The number of hydrogen-bond acceptors (Lipinski definition) is 4. The number of ether oxygens (including phenoxy) is 2. The van der Waals surface area contributed by atoms with Crippen molar-refractivity contribution in [3.05, 3.63) is 23.5 Å². The highest BCUT2D eigenvalue weighted by molar-refractivity contribution is 5.87. The van der Waals surface area contributed by atoms with Crippen LogP contribution in [0.4, 0.5) is 19.3 Å². The number of hydrogen-bond donors (Lipinski definition) is 1. The van der Waals surface area contributed by atoms with Crippen LogP contribution < -0.4 is 5.32 Å². The molecule has 1 aliphatic carbocycles. The first-order chi connectivity index (χ1) is 13.1. The number of pyridine rings is 1. The third-order valence-corrected chi connectivity index (χ3v) is 5.27. The summed E-state index contributed by atoms with van der Waals surface area (Å²) in [7, 11) is 0. The smallest absolute Gasteiger partial charge is 0.412 e. The van der Waals surface area contributed by atoms with Crippen molar-refractivity contribution in [3.63, 3.8) is 0 Å². The van der Waals surface area contributed by atoms with E-state index in [4.69, 9.17) is 9.47 Å². The summed E-state index contributed by atoms with van der Waals surface area (Å²) in [6, 6.07) is 1.85. The van der Waals surface area contributed by atoms with Gasteiger partial charge in [-0.15, -0.1) is 0 Å². The molecule has 0 radical (unpaired) electrons. The summed E-state index contributed by atoms with van der Waals surface area (Å²) in [6.07, 6.45) is 4.28. The van der Waals surface area contributed by atoms with Gasteiger partial charge in [-0.3, -0.25) is 10.3 Å². The van der Waals surface area contributed by atoms with Gasteiger partial charge in [0.15, 0.2) is 0 Å². The molecule has 1 N–H and O–H groups in total. The highest BCUT2D eigenvalue weighted by atomic mass is 19.3. The first-order valence-electron chi connectivity index (χ1n) is 10.1. The summed E-state index contributed by atoms with van der Waals surface area (Å²) in [5.74, 6) is -2.73. The Morgan fingerprint density at radius 1 is 1.25 bits per heavy atom. The van der Waals surface area contributed by atoms with E-state index >= 15 is 0 Å². The van der Waals surface area contributed by atoms with E-state index in [1.54, 1.807) is 27.0 Å². The van der Waals surface area contributed by atoms with Gasteiger partial charge < -0.3 is 9.47 Å². The minimum atomic E-state index is -2.61. The lowest BCUT2D eigenvalue weighted by Gasteiger charge is -2.31. The summed E-state index contributed by atoms with van der Waals surface area (Å²) in [6.45, 7) is 6.06. The third kappa shape index (κ3) is 5.40. The van der Waals surface area contributed by atoms with Crippen molar-refractivity contribution >= 4 is 11.8 Å². The van der Waals surface area contributed by atoms with E-state index in [1.165, 1.54) is 0 Å². The maximum atomic E-state index is 13.6. The number of anilines is 1. The number of nitrogens with zero attached hydrogens (tertiary/aromatic N) is 1. The predicted molar refractivity (Wildman–Crippen MR) is 103 cm³/mol. The molecule has 1 aliphatic heterocycles. The molecule has 28 heavy (non-hydrogen) atoms. The van der Waals surface area contributed by atoms with Crippen molar-refractivity contribution < 1.29 is 23.0 Å². The zero-order valence-corrected chi connectivity index (χ0v) is 16.9. The van der Waals surface area contributed by atoms with Crippen molar-refractivity contribution in [2.45, 2.75) is 89.3 Å². The van der Waals surface area contributed by atoms with E-state index < -0.39 is 17.6 Å². The SMILES string of the molecule is CC(C)(C)OC(=O)Nc1c(C2CCCCO2)ccnc1C1CCC(F)(F)CC1. The third-order valence-electron chi connectivity index (χ3n) is 5.27. The van der Waals surface area contributed by atoms with E-state index in [2.05, 4.69) is 10.3 Å². The molecule has 7 heteroatoms. The molecule has 1 aromatic rings. The first kappa shape index (κ1) is 21.0. The molecule has 3 rings (SSSR count). The molecule has 1 atom stereocenters. The van der Waals surface area contributed by atoms with Crippen LogP contribution in [0.15, 0.2) is 12.3 Å². The van der Waals surface area contributed by atoms with Crippen molar-refractivity contribution in [1.82, 2.24) is 4.98 Å². The van der Waals surface area contributed by atoms with Crippen LogP contribution in [-0.4, -0.2) is 29.2 Å². The van der Waals surface area contributed by atoms with Gasteiger partial charge in [-0.05, 0) is 58.9 Å². The monoisotopic (exact) mass is 396 g/mol. The Morgan fingerprint density at radius 3 is 2.57 bits per heavy atom. The van der Waals surface area contributed by atoms with Crippen molar-refractivity contribution in [2.24, 2.45) is 0 Å². The zero-order valence-electron chi connectivity index (χ0n) is 16.9. The summed E-state index contributed by atoms with van der Waals surface area (Å²) >= 11 is 0. The van der Waals surface area contributed by atoms with Crippen LogP contribution in [0.25, 0.3) is 0 Å². The Labute approximate surface area is 165 Å². The van der Waals surface area contributed by atoms with Crippen LogP contribution in [0, 0.1) is 0 Å². The molecule has 2 aliphatic rings. The van der Waals surface area contributed by atoms with Crippen molar-refractivity contribution in [2.75, 3.05) is 11.9 Å². The minimum absolute atomic E-state index is 0.117. The van der Waals surface area contributed by atoms with E-state index in [9.17, 15) is 13.6 Å². The summed E-state index contributed by atoms with van der Waals surface area (Å²) < 4.78 is 38.6. The second-order valence-electron chi connectivity index (χ2n) is 8.77. The van der Waals surface area contributed by atoms with Crippen LogP contribution in [0.2, 0.25) is 0 Å². The van der Waals surface area contributed by atoms with Gasteiger partial charge in [0.25, 0.3) is 0 Å². The Kier molecular flexibility index (Phi) is 6.22. The van der Waals surface area contributed by atoms with Crippen LogP contribution in [-0.2, 0) is 9.47 Å². The fraction of sp³-hybridized carbons (Fsp3) is 0.714. The number of nitrogens with one attached hydrogen (secondary N) is 1. The molecule has 0 bridgehead atoms. The maximum absolute atomic E-state index is 13.6. The van der Waals surface area contributed by atoms with Gasteiger partial charge >= 0.3 is 6.09 Å². The second-order valence-corrected chi connectivity index (χ2v) is 8.77. The molecule has 0 aromatic carbocycles. The molecule has 1 saturated heterocycles. The molecular formula is C21H30F2N2O3. The minimum Gasteiger partial charge on any atom is -0.444 e. The summed E-state index contributed by atoms with van der Waals surface area (Å²) in [5.41, 5.74) is 1.45. The molecule has 1 saturated carbocycles. The standard InChI is InChI=1S/C21H30F2N2O3/c1-20(2,3)28-19(26)25-18-15(16-6-4-5-13-27-16)9-12-24-17(18)14-7-10-21(22,23)11-8-14/h9,12,14,16H,4-8,10-11,13H2,1-3H3,(H,25,26). The van der Waals surface area contributed by atoms with Gasteiger partial charge in [-0.1, -0.05) is 0 Å². The van der Waals surface area contributed by atoms with Gasteiger partial charge in [0.1, 0.15) is 5.60 Å². The fourth-order valence-corrected chi connectivity index (χ4v) is 3.91.